The Bertz CT molecular complexity index is 743. The molecule has 8 nitrogen and oxygen atoms in total. The van der Waals surface area contributed by atoms with Crippen LogP contribution >= 0.6 is 0 Å². The molecule has 2 heterocycles. The van der Waals surface area contributed by atoms with Gasteiger partial charge in [0.05, 0.1) is 6.04 Å². The highest BCUT2D eigenvalue weighted by molar-refractivity contribution is 5.84. The molecule has 0 saturated heterocycles. The number of hydrogen-bond donors (Lipinski definition) is 2. The Morgan fingerprint density at radius 1 is 1.46 bits per heavy atom. The molecule has 0 aliphatic carbocycles. The van der Waals surface area contributed by atoms with E-state index in [-0.39, 0.29) is 18.6 Å². The van der Waals surface area contributed by atoms with Crippen molar-refractivity contribution >= 4 is 11.7 Å². The van der Waals surface area contributed by atoms with Crippen LogP contribution < -0.4 is 15.8 Å². The predicted molar refractivity (Wildman–Crippen MR) is 96.5 cm³/mol. The van der Waals surface area contributed by atoms with Crippen molar-refractivity contribution in [3.05, 3.63) is 48.4 Å². The molecule has 0 fully saturated rings. The summed E-state index contributed by atoms with van der Waals surface area (Å²) in [6.07, 6.45) is 3.52. The fourth-order valence-electron chi connectivity index (χ4n) is 2.12. The zero-order valence-electron chi connectivity index (χ0n) is 15.2. The minimum atomic E-state index is -0.969. The van der Waals surface area contributed by atoms with Crippen LogP contribution in [0.25, 0.3) is 0 Å². The number of aromatic nitrogens is 2. The zero-order valence-corrected chi connectivity index (χ0v) is 15.2. The number of nitrogens with two attached hydrogens (primary N) is 1. The molecule has 1 atom stereocenters. The summed E-state index contributed by atoms with van der Waals surface area (Å²) in [4.78, 5) is 16.5. The first kappa shape index (κ1) is 19.5. The molecule has 140 valence electrons. The molecule has 3 N–H and O–H groups in total. The second kappa shape index (κ2) is 8.48. The molecule has 2 rings (SSSR count). The van der Waals surface area contributed by atoms with Gasteiger partial charge in [-0.1, -0.05) is 6.58 Å². The minimum absolute atomic E-state index is 0.172. The first-order chi connectivity index (χ1) is 12.3. The summed E-state index contributed by atoms with van der Waals surface area (Å²) in [6, 6.07) is 4.80. The number of ether oxygens (including phenoxy) is 2. The molecule has 0 aliphatic heterocycles. The zero-order chi connectivity index (χ0) is 19.2. The van der Waals surface area contributed by atoms with Gasteiger partial charge in [-0.3, -0.25) is 4.79 Å². The van der Waals surface area contributed by atoms with Crippen molar-refractivity contribution in [3.63, 3.8) is 0 Å². The highest BCUT2D eigenvalue weighted by Gasteiger charge is 2.30. The van der Waals surface area contributed by atoms with Crippen LogP contribution in [0.3, 0.4) is 0 Å². The number of anilines is 1. The highest BCUT2D eigenvalue weighted by atomic mass is 16.5. The maximum atomic E-state index is 12.5. The molecule has 0 aliphatic rings. The van der Waals surface area contributed by atoms with E-state index in [0.717, 1.165) is 5.56 Å². The van der Waals surface area contributed by atoms with Gasteiger partial charge in [0, 0.05) is 19.4 Å². The Morgan fingerprint density at radius 3 is 2.85 bits per heavy atom. The molecule has 26 heavy (non-hydrogen) atoms. The molecule has 8 heteroatoms. The molecule has 0 radical (unpaired) electrons. The lowest BCUT2D eigenvalue weighted by molar-refractivity contribution is -0.140. The number of carbonyl (C=O) groups is 1. The highest BCUT2D eigenvalue weighted by Crippen LogP contribution is 2.15. The van der Waals surface area contributed by atoms with E-state index in [2.05, 4.69) is 22.0 Å². The number of amides is 1. The van der Waals surface area contributed by atoms with Gasteiger partial charge in [0.25, 0.3) is 11.8 Å². The van der Waals surface area contributed by atoms with Gasteiger partial charge >= 0.3 is 0 Å². The second-order valence-corrected chi connectivity index (χ2v) is 6.32. The summed E-state index contributed by atoms with van der Waals surface area (Å²) in [5.74, 6) is 0.505. The van der Waals surface area contributed by atoms with E-state index < -0.39 is 5.60 Å². The first-order valence-electron chi connectivity index (χ1n) is 8.09. The Balaban J connectivity index is 2.11. The van der Waals surface area contributed by atoms with Crippen molar-refractivity contribution < 1.29 is 18.8 Å². The van der Waals surface area contributed by atoms with E-state index in [1.165, 1.54) is 13.4 Å². The van der Waals surface area contributed by atoms with E-state index in [1.54, 1.807) is 32.2 Å². The third kappa shape index (κ3) is 5.32. The number of nitrogens with zero attached hydrogens (tertiary/aromatic N) is 2. The summed E-state index contributed by atoms with van der Waals surface area (Å²) in [6.45, 7) is 7.61. The van der Waals surface area contributed by atoms with Crippen molar-refractivity contribution in [1.82, 2.24) is 15.5 Å². The van der Waals surface area contributed by atoms with Crippen LogP contribution in [0.2, 0.25) is 0 Å². The maximum absolute atomic E-state index is 12.5. The number of hydrogen-bond acceptors (Lipinski definition) is 7. The van der Waals surface area contributed by atoms with Gasteiger partial charge in [-0.2, -0.15) is 0 Å². The van der Waals surface area contributed by atoms with Gasteiger partial charge in [-0.15, -0.1) is 0 Å². The van der Waals surface area contributed by atoms with Gasteiger partial charge < -0.3 is 25.0 Å². The number of rotatable bonds is 9. The van der Waals surface area contributed by atoms with Crippen molar-refractivity contribution in [1.29, 1.82) is 0 Å². The summed E-state index contributed by atoms with van der Waals surface area (Å²) < 4.78 is 15.5. The van der Waals surface area contributed by atoms with E-state index in [4.69, 9.17) is 19.7 Å². The smallest absolute Gasteiger partial charge is 0.254 e. The number of methoxy groups -OCH3 is 1. The monoisotopic (exact) mass is 360 g/mol. The lowest BCUT2D eigenvalue weighted by Crippen LogP contribution is -2.49. The molecular weight excluding hydrogens is 336 g/mol. The van der Waals surface area contributed by atoms with Crippen molar-refractivity contribution in [2.45, 2.75) is 31.9 Å². The molecule has 0 spiro atoms. The van der Waals surface area contributed by atoms with Crippen LogP contribution in [0, 0.1) is 0 Å². The number of pyridine rings is 1. The Hall–Kier alpha value is -2.87. The predicted octanol–water partition coefficient (Wildman–Crippen LogP) is 1.74. The van der Waals surface area contributed by atoms with Crippen LogP contribution in [0.15, 0.2) is 47.3 Å². The van der Waals surface area contributed by atoms with Gasteiger partial charge in [0.1, 0.15) is 24.3 Å². The number of nitrogens with one attached hydrogen (secondary N) is 1. The fourth-order valence-corrected chi connectivity index (χ4v) is 2.12. The van der Waals surface area contributed by atoms with Gasteiger partial charge in [-0.05, 0) is 48.7 Å². The fraction of sp³-hybridized carbons (Fsp3) is 0.389. The van der Waals surface area contributed by atoms with E-state index in [0.29, 0.717) is 23.7 Å². The molecule has 1 amide bonds. The van der Waals surface area contributed by atoms with Crippen LogP contribution in [-0.2, 0) is 16.0 Å². The summed E-state index contributed by atoms with van der Waals surface area (Å²) in [5, 5.41) is 6.64. The average molecular weight is 360 g/mol. The third-order valence-electron chi connectivity index (χ3n) is 3.96. The van der Waals surface area contributed by atoms with Crippen LogP contribution in [0.4, 0.5) is 5.82 Å². The Kier molecular flexibility index (Phi) is 6.35. The largest absolute Gasteiger partial charge is 0.471 e. The topological polar surface area (TPSA) is 113 Å². The van der Waals surface area contributed by atoms with E-state index >= 15 is 0 Å². The van der Waals surface area contributed by atoms with E-state index in [1.807, 2.05) is 6.07 Å². The molecule has 0 bridgehead atoms. The number of nitrogen functional groups attached to an aromatic ring is 1. The lowest BCUT2D eigenvalue weighted by atomic mass is 9.99. The standard InChI is InChI=1S/C18H24N4O4/c1-12(11-25-16-6-8-26-22-16)14(21-17(23)18(2,3)24-4)9-13-5-7-20-15(19)10-13/h5-8,10,14H,1,9,11H2,2-4H3,(H2,19,20)(H,21,23). The molecule has 0 aromatic carbocycles. The lowest BCUT2D eigenvalue weighted by Gasteiger charge is -2.27. The van der Waals surface area contributed by atoms with E-state index in [9.17, 15) is 4.79 Å². The molecule has 0 saturated carbocycles. The SMILES string of the molecule is C=C(COc1ccon1)C(Cc1ccnc(N)c1)NC(=O)C(C)(C)OC. The summed E-state index contributed by atoms with van der Waals surface area (Å²) in [7, 11) is 1.49. The number of carbonyl (C=O) groups excluding carboxylic acids is 1. The minimum Gasteiger partial charge on any atom is -0.471 e. The summed E-state index contributed by atoms with van der Waals surface area (Å²) in [5.41, 5.74) is 6.36. The molecule has 2 aromatic heterocycles. The second-order valence-electron chi connectivity index (χ2n) is 6.32. The third-order valence-corrected chi connectivity index (χ3v) is 3.96. The summed E-state index contributed by atoms with van der Waals surface area (Å²) >= 11 is 0. The van der Waals surface area contributed by atoms with Crippen molar-refractivity contribution in [2.75, 3.05) is 19.5 Å². The van der Waals surface area contributed by atoms with Gasteiger partial charge in [-0.25, -0.2) is 4.98 Å². The van der Waals surface area contributed by atoms with Gasteiger partial charge in [0.2, 0.25) is 0 Å². The van der Waals surface area contributed by atoms with Crippen molar-refractivity contribution in [3.8, 4) is 5.88 Å². The van der Waals surface area contributed by atoms with Crippen molar-refractivity contribution in [2.24, 2.45) is 0 Å². The maximum Gasteiger partial charge on any atom is 0.254 e. The Labute approximate surface area is 152 Å². The first-order valence-corrected chi connectivity index (χ1v) is 8.09. The van der Waals surface area contributed by atoms with Crippen LogP contribution in [0.5, 0.6) is 5.88 Å². The average Bonchev–Trinajstić information content (AvgIpc) is 3.12. The molecule has 1 unspecified atom stereocenters. The molecule has 2 aromatic rings. The quantitative estimate of drug-likeness (QED) is 0.655. The Morgan fingerprint density at radius 2 is 2.23 bits per heavy atom. The van der Waals surface area contributed by atoms with Gasteiger partial charge in [0.15, 0.2) is 0 Å². The van der Waals surface area contributed by atoms with Crippen LogP contribution in [0.1, 0.15) is 19.4 Å². The van der Waals surface area contributed by atoms with Crippen LogP contribution in [-0.4, -0.2) is 41.4 Å². The normalized spacial score (nSPS) is 12.4. The molecular formula is C18H24N4O4.